The molecule has 0 saturated carbocycles. The summed E-state index contributed by atoms with van der Waals surface area (Å²) in [4.78, 5) is 0. The van der Waals surface area contributed by atoms with Gasteiger partial charge in [0.25, 0.3) is 0 Å². The molecular formula is C18H23NO. The Hall–Kier alpha value is -1.80. The summed E-state index contributed by atoms with van der Waals surface area (Å²) in [6.07, 6.45) is 3.36. The molecule has 0 aliphatic heterocycles. The highest BCUT2D eigenvalue weighted by molar-refractivity contribution is 5.86. The van der Waals surface area contributed by atoms with Crippen LogP contribution in [0.15, 0.2) is 42.0 Å². The van der Waals surface area contributed by atoms with Gasteiger partial charge >= 0.3 is 0 Å². The van der Waals surface area contributed by atoms with E-state index >= 15 is 0 Å². The summed E-state index contributed by atoms with van der Waals surface area (Å²) in [5.41, 5.74) is 2.69. The number of ether oxygens (including phenoxy) is 1. The molecule has 106 valence electrons. The van der Waals surface area contributed by atoms with E-state index < -0.39 is 0 Å². The van der Waals surface area contributed by atoms with Crippen LogP contribution in [-0.4, -0.2) is 20.2 Å². The van der Waals surface area contributed by atoms with Gasteiger partial charge in [0, 0.05) is 6.54 Å². The lowest BCUT2D eigenvalue weighted by Crippen LogP contribution is -2.15. The Labute approximate surface area is 121 Å². The lowest BCUT2D eigenvalue weighted by Gasteiger charge is -2.07. The van der Waals surface area contributed by atoms with Crippen molar-refractivity contribution in [3.8, 4) is 5.75 Å². The monoisotopic (exact) mass is 269 g/mol. The Balaban J connectivity index is 2.29. The Morgan fingerprint density at radius 1 is 1.10 bits per heavy atom. The van der Waals surface area contributed by atoms with Crippen molar-refractivity contribution in [2.45, 2.75) is 20.3 Å². The Kier molecular flexibility index (Phi) is 5.19. The van der Waals surface area contributed by atoms with Crippen LogP contribution >= 0.6 is 0 Å². The van der Waals surface area contributed by atoms with E-state index in [9.17, 15) is 0 Å². The highest BCUT2D eigenvalue weighted by Gasteiger charge is 1.99. The first-order valence-corrected chi connectivity index (χ1v) is 7.24. The molecule has 0 atom stereocenters. The second kappa shape index (κ2) is 7.11. The molecule has 2 rings (SSSR count). The minimum atomic E-state index is 0.905. The fourth-order valence-electron chi connectivity index (χ4n) is 2.26. The van der Waals surface area contributed by atoms with Crippen molar-refractivity contribution in [1.29, 1.82) is 0 Å². The SMILES string of the molecule is CCNCC(=Cc1ccc2cc(OC)ccc2c1)CC. The average Bonchev–Trinajstić information content (AvgIpc) is 2.50. The van der Waals surface area contributed by atoms with Gasteiger partial charge in [-0.25, -0.2) is 0 Å². The van der Waals surface area contributed by atoms with E-state index in [-0.39, 0.29) is 0 Å². The van der Waals surface area contributed by atoms with Crippen LogP contribution in [0.25, 0.3) is 16.8 Å². The van der Waals surface area contributed by atoms with Crippen LogP contribution in [0, 0.1) is 0 Å². The van der Waals surface area contributed by atoms with Crippen LogP contribution in [0.2, 0.25) is 0 Å². The summed E-state index contributed by atoms with van der Waals surface area (Å²) in [5, 5.41) is 5.85. The van der Waals surface area contributed by atoms with Gasteiger partial charge in [-0.05, 0) is 47.5 Å². The normalized spacial score (nSPS) is 11.8. The summed E-state index contributed by atoms with van der Waals surface area (Å²) in [6, 6.07) is 12.8. The van der Waals surface area contributed by atoms with Gasteiger partial charge in [0.1, 0.15) is 5.75 Å². The predicted octanol–water partition coefficient (Wildman–Crippen LogP) is 4.25. The molecule has 2 heteroatoms. The van der Waals surface area contributed by atoms with Crippen molar-refractivity contribution in [3.63, 3.8) is 0 Å². The van der Waals surface area contributed by atoms with E-state index in [2.05, 4.69) is 55.6 Å². The predicted molar refractivity (Wildman–Crippen MR) is 87.3 cm³/mol. The molecule has 2 aromatic rings. The molecule has 0 aliphatic carbocycles. The zero-order valence-corrected chi connectivity index (χ0v) is 12.6. The largest absolute Gasteiger partial charge is 0.497 e. The van der Waals surface area contributed by atoms with Gasteiger partial charge in [0.2, 0.25) is 0 Å². The van der Waals surface area contributed by atoms with Crippen molar-refractivity contribution in [3.05, 3.63) is 47.5 Å². The zero-order chi connectivity index (χ0) is 14.4. The third-order valence-electron chi connectivity index (χ3n) is 3.50. The van der Waals surface area contributed by atoms with Gasteiger partial charge in [0.05, 0.1) is 7.11 Å². The van der Waals surface area contributed by atoms with Crippen molar-refractivity contribution >= 4 is 16.8 Å². The number of fused-ring (bicyclic) bond motifs is 1. The molecule has 0 spiro atoms. The molecule has 0 aromatic heterocycles. The standard InChI is InChI=1S/C18H23NO/c1-4-14(13-19-5-2)10-15-6-7-17-12-18(20-3)9-8-16(17)11-15/h6-12,19H,4-5,13H2,1-3H3. The zero-order valence-electron chi connectivity index (χ0n) is 12.6. The lowest BCUT2D eigenvalue weighted by molar-refractivity contribution is 0.415. The van der Waals surface area contributed by atoms with Crippen LogP contribution in [0.5, 0.6) is 5.75 Å². The topological polar surface area (TPSA) is 21.3 Å². The molecule has 1 N–H and O–H groups in total. The van der Waals surface area contributed by atoms with Crippen LogP contribution in [0.4, 0.5) is 0 Å². The van der Waals surface area contributed by atoms with Gasteiger partial charge in [-0.2, -0.15) is 0 Å². The van der Waals surface area contributed by atoms with Crippen LogP contribution in [-0.2, 0) is 0 Å². The molecule has 2 aromatic carbocycles. The van der Waals surface area contributed by atoms with E-state index in [4.69, 9.17) is 4.74 Å². The smallest absolute Gasteiger partial charge is 0.119 e. The highest BCUT2D eigenvalue weighted by Crippen LogP contribution is 2.23. The summed E-state index contributed by atoms with van der Waals surface area (Å²) in [6.45, 7) is 6.31. The molecule has 0 unspecified atom stereocenters. The van der Waals surface area contributed by atoms with Crippen LogP contribution in [0.1, 0.15) is 25.8 Å². The third kappa shape index (κ3) is 3.61. The number of methoxy groups -OCH3 is 1. The van der Waals surface area contributed by atoms with Gasteiger partial charge < -0.3 is 10.1 Å². The van der Waals surface area contributed by atoms with E-state index in [1.165, 1.54) is 21.9 Å². The molecule has 2 nitrogen and oxygen atoms in total. The van der Waals surface area contributed by atoms with Gasteiger partial charge in [-0.15, -0.1) is 0 Å². The molecule has 20 heavy (non-hydrogen) atoms. The first kappa shape index (κ1) is 14.6. The first-order chi connectivity index (χ1) is 9.76. The molecule has 0 heterocycles. The summed E-state index contributed by atoms with van der Waals surface area (Å²) >= 11 is 0. The van der Waals surface area contributed by atoms with Crippen molar-refractivity contribution in [2.75, 3.05) is 20.2 Å². The van der Waals surface area contributed by atoms with Crippen molar-refractivity contribution in [1.82, 2.24) is 5.32 Å². The maximum absolute atomic E-state index is 5.26. The van der Waals surface area contributed by atoms with Gasteiger partial charge in [-0.3, -0.25) is 0 Å². The number of hydrogen-bond donors (Lipinski definition) is 1. The number of hydrogen-bond acceptors (Lipinski definition) is 2. The number of nitrogens with one attached hydrogen (secondary N) is 1. The van der Waals surface area contributed by atoms with Crippen LogP contribution in [0.3, 0.4) is 0 Å². The fourth-order valence-corrected chi connectivity index (χ4v) is 2.26. The Morgan fingerprint density at radius 3 is 2.55 bits per heavy atom. The average molecular weight is 269 g/mol. The second-order valence-corrected chi connectivity index (χ2v) is 4.91. The van der Waals surface area contributed by atoms with E-state index in [0.717, 1.165) is 25.3 Å². The summed E-state index contributed by atoms with van der Waals surface area (Å²) in [7, 11) is 1.70. The molecular weight excluding hydrogens is 246 g/mol. The fraction of sp³-hybridized carbons (Fsp3) is 0.333. The second-order valence-electron chi connectivity index (χ2n) is 4.91. The minimum absolute atomic E-state index is 0.905. The third-order valence-corrected chi connectivity index (χ3v) is 3.50. The number of rotatable bonds is 6. The lowest BCUT2D eigenvalue weighted by atomic mass is 10.0. The number of benzene rings is 2. The highest BCUT2D eigenvalue weighted by atomic mass is 16.5. The minimum Gasteiger partial charge on any atom is -0.497 e. The molecule has 0 aliphatic rings. The van der Waals surface area contributed by atoms with E-state index in [1.807, 2.05) is 6.07 Å². The Bertz CT molecular complexity index is 601. The molecule has 0 bridgehead atoms. The summed E-state index contributed by atoms with van der Waals surface area (Å²) < 4.78 is 5.26. The first-order valence-electron chi connectivity index (χ1n) is 7.24. The van der Waals surface area contributed by atoms with Crippen LogP contribution < -0.4 is 10.1 Å². The maximum atomic E-state index is 5.26. The molecule has 0 amide bonds. The van der Waals surface area contributed by atoms with E-state index in [0.29, 0.717) is 0 Å². The molecule has 0 fully saturated rings. The van der Waals surface area contributed by atoms with Gasteiger partial charge in [0.15, 0.2) is 0 Å². The van der Waals surface area contributed by atoms with Crippen molar-refractivity contribution in [2.24, 2.45) is 0 Å². The maximum Gasteiger partial charge on any atom is 0.119 e. The quantitative estimate of drug-likeness (QED) is 0.846. The summed E-state index contributed by atoms with van der Waals surface area (Å²) in [5.74, 6) is 0.905. The Morgan fingerprint density at radius 2 is 1.85 bits per heavy atom. The van der Waals surface area contributed by atoms with Gasteiger partial charge in [-0.1, -0.05) is 43.7 Å². The molecule has 0 saturated heterocycles. The number of likely N-dealkylation sites (N-methyl/N-ethyl adjacent to an activating group) is 1. The van der Waals surface area contributed by atoms with E-state index in [1.54, 1.807) is 7.11 Å². The van der Waals surface area contributed by atoms with Crippen molar-refractivity contribution < 1.29 is 4.74 Å². The molecule has 0 radical (unpaired) electrons.